The van der Waals surface area contributed by atoms with Crippen LogP contribution in [-0.4, -0.2) is 19.1 Å². The standard InChI is InChI=1S/C9H10N2O2.ClH/c10-9(12)6-1-2-7-8(5-6)13-4-3-11-7;/h1-2,5,11H,3-4H2,(H2,10,12);1H. The highest BCUT2D eigenvalue weighted by Gasteiger charge is 2.11. The van der Waals surface area contributed by atoms with Crippen LogP contribution in [0.1, 0.15) is 10.4 Å². The van der Waals surface area contributed by atoms with E-state index in [0.29, 0.717) is 17.9 Å². The summed E-state index contributed by atoms with van der Waals surface area (Å²) in [5.41, 5.74) is 6.52. The van der Waals surface area contributed by atoms with Crippen LogP contribution in [0.2, 0.25) is 0 Å². The summed E-state index contributed by atoms with van der Waals surface area (Å²) in [6, 6.07) is 5.14. The second-order valence-corrected chi connectivity index (χ2v) is 2.85. The molecular formula is C9H11ClN2O2. The number of halogens is 1. The Bertz CT molecular complexity index is 355. The van der Waals surface area contributed by atoms with E-state index in [1.54, 1.807) is 18.2 Å². The highest BCUT2D eigenvalue weighted by atomic mass is 35.5. The van der Waals surface area contributed by atoms with E-state index in [1.165, 1.54) is 0 Å². The van der Waals surface area contributed by atoms with Crippen molar-refractivity contribution in [2.45, 2.75) is 0 Å². The van der Waals surface area contributed by atoms with Crippen molar-refractivity contribution in [1.29, 1.82) is 0 Å². The summed E-state index contributed by atoms with van der Waals surface area (Å²) < 4.78 is 5.34. The number of primary amides is 1. The molecule has 0 bridgehead atoms. The average Bonchev–Trinajstić information content (AvgIpc) is 2.17. The van der Waals surface area contributed by atoms with Crippen LogP contribution >= 0.6 is 12.4 Å². The van der Waals surface area contributed by atoms with Gasteiger partial charge >= 0.3 is 0 Å². The second-order valence-electron chi connectivity index (χ2n) is 2.85. The number of hydrogen-bond donors (Lipinski definition) is 2. The molecule has 0 spiro atoms. The minimum absolute atomic E-state index is 0. The van der Waals surface area contributed by atoms with Gasteiger partial charge < -0.3 is 15.8 Å². The Morgan fingerprint density at radius 3 is 3.00 bits per heavy atom. The van der Waals surface area contributed by atoms with Gasteiger partial charge in [-0.2, -0.15) is 0 Å². The summed E-state index contributed by atoms with van der Waals surface area (Å²) in [6.45, 7) is 1.41. The monoisotopic (exact) mass is 214 g/mol. The molecule has 0 saturated carbocycles. The highest BCUT2D eigenvalue weighted by molar-refractivity contribution is 5.94. The van der Waals surface area contributed by atoms with Crippen LogP contribution in [0, 0.1) is 0 Å². The fourth-order valence-electron chi connectivity index (χ4n) is 1.29. The first-order valence-corrected chi connectivity index (χ1v) is 4.08. The van der Waals surface area contributed by atoms with Gasteiger partial charge in [-0.25, -0.2) is 0 Å². The Hall–Kier alpha value is -1.42. The second kappa shape index (κ2) is 4.19. The maximum atomic E-state index is 10.8. The van der Waals surface area contributed by atoms with Crippen molar-refractivity contribution in [3.05, 3.63) is 23.8 Å². The first-order chi connectivity index (χ1) is 6.27. The molecule has 0 fully saturated rings. The maximum Gasteiger partial charge on any atom is 0.248 e. The topological polar surface area (TPSA) is 64.4 Å². The van der Waals surface area contributed by atoms with Crippen molar-refractivity contribution in [2.75, 3.05) is 18.5 Å². The summed E-state index contributed by atoms with van der Waals surface area (Å²) in [4.78, 5) is 10.8. The number of ether oxygens (including phenoxy) is 1. The summed E-state index contributed by atoms with van der Waals surface area (Å²) in [7, 11) is 0. The van der Waals surface area contributed by atoms with Gasteiger partial charge in [-0.15, -0.1) is 12.4 Å². The molecule has 5 heteroatoms. The van der Waals surface area contributed by atoms with Crippen LogP contribution in [0.3, 0.4) is 0 Å². The minimum atomic E-state index is -0.433. The lowest BCUT2D eigenvalue weighted by molar-refractivity contribution is 0.1000. The third kappa shape index (κ3) is 1.90. The van der Waals surface area contributed by atoms with Gasteiger partial charge in [0.15, 0.2) is 0 Å². The van der Waals surface area contributed by atoms with Crippen molar-refractivity contribution in [1.82, 2.24) is 0 Å². The highest BCUT2D eigenvalue weighted by Crippen LogP contribution is 2.27. The zero-order valence-corrected chi connectivity index (χ0v) is 8.26. The molecule has 1 heterocycles. The summed E-state index contributed by atoms with van der Waals surface area (Å²) in [6.07, 6.45) is 0. The first kappa shape index (κ1) is 10.7. The first-order valence-electron chi connectivity index (χ1n) is 4.08. The summed E-state index contributed by atoms with van der Waals surface area (Å²) in [5.74, 6) is 0.263. The summed E-state index contributed by atoms with van der Waals surface area (Å²) >= 11 is 0. The molecule has 0 radical (unpaired) electrons. The van der Waals surface area contributed by atoms with Crippen LogP contribution in [0.25, 0.3) is 0 Å². The number of benzene rings is 1. The maximum absolute atomic E-state index is 10.8. The molecule has 1 amide bonds. The number of amides is 1. The molecular weight excluding hydrogens is 204 g/mol. The molecule has 1 aliphatic heterocycles. The lowest BCUT2D eigenvalue weighted by Gasteiger charge is -2.19. The average molecular weight is 215 g/mol. The van der Waals surface area contributed by atoms with Gasteiger partial charge in [0.25, 0.3) is 0 Å². The van der Waals surface area contributed by atoms with Gasteiger partial charge in [0.2, 0.25) is 5.91 Å². The number of carbonyl (C=O) groups excluding carboxylic acids is 1. The molecule has 1 aliphatic rings. The Balaban J connectivity index is 0.000000980. The molecule has 2 rings (SSSR count). The third-order valence-electron chi connectivity index (χ3n) is 1.94. The van der Waals surface area contributed by atoms with Crippen LogP contribution in [0.15, 0.2) is 18.2 Å². The third-order valence-corrected chi connectivity index (χ3v) is 1.94. The molecule has 0 aromatic heterocycles. The molecule has 3 N–H and O–H groups in total. The Morgan fingerprint density at radius 2 is 2.29 bits per heavy atom. The largest absolute Gasteiger partial charge is 0.490 e. The van der Waals surface area contributed by atoms with Gasteiger partial charge in [-0.1, -0.05) is 0 Å². The van der Waals surface area contributed by atoms with Gasteiger partial charge in [0.1, 0.15) is 12.4 Å². The zero-order valence-electron chi connectivity index (χ0n) is 7.45. The van der Waals surface area contributed by atoms with Crippen molar-refractivity contribution in [3.8, 4) is 5.75 Å². The van der Waals surface area contributed by atoms with E-state index in [0.717, 1.165) is 12.2 Å². The smallest absolute Gasteiger partial charge is 0.248 e. The van der Waals surface area contributed by atoms with E-state index in [9.17, 15) is 4.79 Å². The number of carbonyl (C=O) groups is 1. The molecule has 0 aliphatic carbocycles. The minimum Gasteiger partial charge on any atom is -0.490 e. The normalized spacial score (nSPS) is 12.9. The number of anilines is 1. The fourth-order valence-corrected chi connectivity index (χ4v) is 1.29. The van der Waals surface area contributed by atoms with E-state index in [4.69, 9.17) is 10.5 Å². The molecule has 0 unspecified atom stereocenters. The van der Waals surface area contributed by atoms with Crippen molar-refractivity contribution < 1.29 is 9.53 Å². The predicted molar refractivity (Wildman–Crippen MR) is 56.2 cm³/mol. The van der Waals surface area contributed by atoms with E-state index >= 15 is 0 Å². The number of nitrogens with two attached hydrogens (primary N) is 1. The van der Waals surface area contributed by atoms with E-state index in [-0.39, 0.29) is 12.4 Å². The van der Waals surface area contributed by atoms with Gasteiger partial charge in [0.05, 0.1) is 5.69 Å². The number of rotatable bonds is 1. The summed E-state index contributed by atoms with van der Waals surface area (Å²) in [5, 5.41) is 3.15. The van der Waals surface area contributed by atoms with Crippen LogP contribution in [-0.2, 0) is 0 Å². The van der Waals surface area contributed by atoms with Crippen molar-refractivity contribution in [3.63, 3.8) is 0 Å². The van der Waals surface area contributed by atoms with Gasteiger partial charge in [0, 0.05) is 12.1 Å². The van der Waals surface area contributed by atoms with E-state index in [1.807, 2.05) is 0 Å². The van der Waals surface area contributed by atoms with Crippen LogP contribution < -0.4 is 15.8 Å². The molecule has 0 saturated heterocycles. The fraction of sp³-hybridized carbons (Fsp3) is 0.222. The van der Waals surface area contributed by atoms with Crippen LogP contribution in [0.5, 0.6) is 5.75 Å². The van der Waals surface area contributed by atoms with Crippen LogP contribution in [0.4, 0.5) is 5.69 Å². The quantitative estimate of drug-likeness (QED) is 0.734. The molecule has 0 atom stereocenters. The Morgan fingerprint density at radius 1 is 1.50 bits per heavy atom. The lowest BCUT2D eigenvalue weighted by Crippen LogP contribution is -2.19. The van der Waals surface area contributed by atoms with Crippen molar-refractivity contribution in [2.24, 2.45) is 5.73 Å². The predicted octanol–water partition coefficient (Wildman–Crippen LogP) is 1.01. The number of hydrogen-bond acceptors (Lipinski definition) is 3. The lowest BCUT2D eigenvalue weighted by atomic mass is 10.1. The Kier molecular flexibility index (Phi) is 3.19. The van der Waals surface area contributed by atoms with Gasteiger partial charge in [-0.05, 0) is 18.2 Å². The Labute approximate surface area is 87.8 Å². The van der Waals surface area contributed by atoms with E-state index < -0.39 is 5.91 Å². The zero-order chi connectivity index (χ0) is 9.26. The van der Waals surface area contributed by atoms with E-state index in [2.05, 4.69) is 5.32 Å². The number of fused-ring (bicyclic) bond motifs is 1. The molecule has 1 aromatic carbocycles. The molecule has 76 valence electrons. The van der Waals surface area contributed by atoms with Gasteiger partial charge in [-0.3, -0.25) is 4.79 Å². The molecule has 1 aromatic rings. The SMILES string of the molecule is Cl.NC(=O)c1ccc2c(c1)OCCN2. The van der Waals surface area contributed by atoms with Crippen molar-refractivity contribution >= 4 is 24.0 Å². The molecule has 4 nitrogen and oxygen atoms in total. The molecule has 14 heavy (non-hydrogen) atoms. The number of nitrogens with one attached hydrogen (secondary N) is 1.